The molecule has 0 aliphatic rings. The molecule has 1 aromatic carbocycles. The molecule has 0 spiro atoms. The van der Waals surface area contributed by atoms with Crippen LogP contribution in [0.3, 0.4) is 0 Å². The van der Waals surface area contributed by atoms with Gasteiger partial charge in [0, 0.05) is 5.69 Å². The van der Waals surface area contributed by atoms with Crippen LogP contribution in [0.2, 0.25) is 0 Å². The van der Waals surface area contributed by atoms with Gasteiger partial charge < -0.3 is 14.8 Å². The third kappa shape index (κ3) is 2.26. The average molecular weight is 288 g/mol. The maximum Gasteiger partial charge on any atom is 0.349 e. The molecule has 0 bridgehead atoms. The van der Waals surface area contributed by atoms with Crippen LogP contribution in [0.5, 0.6) is 0 Å². The highest BCUT2D eigenvalue weighted by molar-refractivity contribution is 7.16. The highest BCUT2D eigenvalue weighted by Gasteiger charge is 2.08. The van der Waals surface area contributed by atoms with Gasteiger partial charge in [0.15, 0.2) is 0 Å². The third-order valence-electron chi connectivity index (χ3n) is 2.64. The Morgan fingerprint density at radius 3 is 2.70 bits per heavy atom. The minimum Gasteiger partial charge on any atom is -0.478 e. The predicted octanol–water partition coefficient (Wildman–Crippen LogP) is 2.69. The Bertz CT molecular complexity index is 835. The predicted molar refractivity (Wildman–Crippen MR) is 74.8 cm³/mol. The minimum absolute atomic E-state index is 0.0769. The van der Waals surface area contributed by atoms with Gasteiger partial charge in [-0.3, -0.25) is 0 Å². The molecule has 0 saturated carbocycles. The van der Waals surface area contributed by atoms with Crippen LogP contribution in [0.15, 0.2) is 44.9 Å². The fourth-order valence-electron chi connectivity index (χ4n) is 1.67. The number of carboxylic acids is 1. The van der Waals surface area contributed by atoms with Gasteiger partial charge in [-0.15, -0.1) is 11.3 Å². The molecular formula is C13H8N2O4S. The van der Waals surface area contributed by atoms with Crippen LogP contribution in [-0.2, 0) is 0 Å². The van der Waals surface area contributed by atoms with Gasteiger partial charge in [-0.25, -0.2) is 9.59 Å². The lowest BCUT2D eigenvalue weighted by molar-refractivity contribution is 0.0697. The lowest BCUT2D eigenvalue weighted by atomic mass is 10.2. The van der Waals surface area contributed by atoms with Gasteiger partial charge >= 0.3 is 17.6 Å². The molecule has 20 heavy (non-hydrogen) atoms. The van der Waals surface area contributed by atoms with Crippen LogP contribution < -0.4 is 10.9 Å². The second-order valence-corrected chi connectivity index (χ2v) is 4.85. The van der Waals surface area contributed by atoms with Crippen molar-refractivity contribution in [3.63, 3.8) is 0 Å². The molecule has 2 heterocycles. The maximum atomic E-state index is 11.7. The van der Waals surface area contributed by atoms with Gasteiger partial charge in [0.1, 0.15) is 4.83 Å². The van der Waals surface area contributed by atoms with E-state index in [-0.39, 0.29) is 11.6 Å². The molecule has 6 nitrogen and oxygen atoms in total. The molecule has 0 atom stereocenters. The van der Waals surface area contributed by atoms with E-state index in [1.54, 1.807) is 23.6 Å². The zero-order valence-electron chi connectivity index (χ0n) is 9.99. The fourth-order valence-corrected chi connectivity index (χ4v) is 2.42. The van der Waals surface area contributed by atoms with Gasteiger partial charge in [-0.2, -0.15) is 4.98 Å². The van der Waals surface area contributed by atoms with Crippen molar-refractivity contribution in [2.45, 2.75) is 0 Å². The average Bonchev–Trinajstić information content (AvgIpc) is 2.88. The number of nitrogens with zero attached hydrogens (tertiary/aromatic N) is 1. The Labute approximate surface area is 116 Å². The number of thiophene rings is 1. The van der Waals surface area contributed by atoms with E-state index in [0.29, 0.717) is 15.9 Å². The van der Waals surface area contributed by atoms with E-state index in [4.69, 9.17) is 9.52 Å². The van der Waals surface area contributed by atoms with Gasteiger partial charge in [-0.1, -0.05) is 0 Å². The summed E-state index contributed by atoms with van der Waals surface area (Å²) in [6.45, 7) is 0. The lowest BCUT2D eigenvalue weighted by Gasteiger charge is -2.03. The molecule has 0 aliphatic heterocycles. The second kappa shape index (κ2) is 4.78. The molecule has 0 aliphatic carbocycles. The summed E-state index contributed by atoms with van der Waals surface area (Å²) >= 11 is 1.34. The Morgan fingerprint density at radius 1 is 1.25 bits per heavy atom. The largest absolute Gasteiger partial charge is 0.478 e. The monoisotopic (exact) mass is 288 g/mol. The summed E-state index contributed by atoms with van der Waals surface area (Å²) in [5.41, 5.74) is 0.307. The quantitative estimate of drug-likeness (QED) is 0.769. The number of fused-ring (bicyclic) bond motifs is 1. The van der Waals surface area contributed by atoms with Crippen LogP contribution in [0.1, 0.15) is 10.4 Å². The van der Waals surface area contributed by atoms with Gasteiger partial charge in [0.2, 0.25) is 0 Å². The zero-order chi connectivity index (χ0) is 14.1. The molecule has 0 fully saturated rings. The van der Waals surface area contributed by atoms with E-state index < -0.39 is 11.6 Å². The Balaban J connectivity index is 1.92. The van der Waals surface area contributed by atoms with E-state index in [0.717, 1.165) is 0 Å². The molecule has 100 valence electrons. The van der Waals surface area contributed by atoms with E-state index in [2.05, 4.69) is 10.3 Å². The number of anilines is 2. The number of nitrogens with one attached hydrogen (secondary N) is 1. The van der Waals surface area contributed by atoms with E-state index in [1.165, 1.54) is 23.5 Å². The molecule has 0 amide bonds. The molecule has 3 rings (SSSR count). The van der Waals surface area contributed by atoms with Crippen LogP contribution in [0.25, 0.3) is 10.2 Å². The first-order valence-electron chi connectivity index (χ1n) is 5.62. The molecule has 0 unspecified atom stereocenters. The highest BCUT2D eigenvalue weighted by atomic mass is 32.1. The third-order valence-corrected chi connectivity index (χ3v) is 3.45. The number of benzene rings is 1. The first-order chi connectivity index (χ1) is 9.63. The van der Waals surface area contributed by atoms with Crippen molar-refractivity contribution in [2.75, 3.05) is 5.32 Å². The van der Waals surface area contributed by atoms with Gasteiger partial charge in [-0.05, 0) is 35.7 Å². The number of aromatic nitrogens is 1. The maximum absolute atomic E-state index is 11.7. The number of carbonyl (C=O) groups is 1. The number of rotatable bonds is 3. The Kier molecular flexibility index (Phi) is 2.96. The molecule has 0 saturated heterocycles. The SMILES string of the molecule is O=C(O)c1ccc(Nc2nc3sccc3c(=O)o2)cc1. The number of hydrogen-bond acceptors (Lipinski definition) is 6. The Morgan fingerprint density at radius 2 is 2.00 bits per heavy atom. The smallest absolute Gasteiger partial charge is 0.349 e. The number of carboxylic acid groups (broad SMARTS) is 1. The summed E-state index contributed by atoms with van der Waals surface area (Å²) in [7, 11) is 0. The highest BCUT2D eigenvalue weighted by Crippen LogP contribution is 2.19. The first kappa shape index (κ1) is 12.4. The summed E-state index contributed by atoms with van der Waals surface area (Å²) in [5, 5.41) is 13.8. The first-order valence-corrected chi connectivity index (χ1v) is 6.50. The van der Waals surface area contributed by atoms with Crippen molar-refractivity contribution in [2.24, 2.45) is 0 Å². The van der Waals surface area contributed by atoms with Crippen molar-refractivity contribution < 1.29 is 14.3 Å². The second-order valence-electron chi connectivity index (χ2n) is 3.95. The molecular weight excluding hydrogens is 280 g/mol. The van der Waals surface area contributed by atoms with E-state index in [9.17, 15) is 9.59 Å². The summed E-state index contributed by atoms with van der Waals surface area (Å²) in [6.07, 6.45) is 0. The fraction of sp³-hybridized carbons (Fsp3) is 0. The summed E-state index contributed by atoms with van der Waals surface area (Å²) in [5.74, 6) is -0.999. The molecule has 3 aromatic rings. The number of hydrogen-bond donors (Lipinski definition) is 2. The zero-order valence-corrected chi connectivity index (χ0v) is 10.8. The van der Waals surface area contributed by atoms with Crippen molar-refractivity contribution in [3.8, 4) is 0 Å². The van der Waals surface area contributed by atoms with Crippen LogP contribution in [0, 0.1) is 0 Å². The lowest BCUT2D eigenvalue weighted by Crippen LogP contribution is -2.03. The molecule has 0 radical (unpaired) electrons. The van der Waals surface area contributed by atoms with Crippen LogP contribution in [0.4, 0.5) is 11.7 Å². The summed E-state index contributed by atoms with van der Waals surface area (Å²) in [6, 6.07) is 7.78. The topological polar surface area (TPSA) is 92.4 Å². The van der Waals surface area contributed by atoms with Crippen molar-refractivity contribution in [1.29, 1.82) is 0 Å². The van der Waals surface area contributed by atoms with Crippen LogP contribution in [-0.4, -0.2) is 16.1 Å². The van der Waals surface area contributed by atoms with E-state index in [1.807, 2.05) is 0 Å². The minimum atomic E-state index is -0.999. The van der Waals surface area contributed by atoms with Crippen molar-refractivity contribution >= 4 is 39.2 Å². The molecule has 2 N–H and O–H groups in total. The summed E-state index contributed by atoms with van der Waals surface area (Å²) in [4.78, 5) is 27.2. The van der Waals surface area contributed by atoms with E-state index >= 15 is 0 Å². The standard InChI is InChI=1S/C13H8N2O4S/c16-11(17)7-1-3-8(4-2-7)14-13-15-10-9(5-6-20-10)12(18)19-13/h1-6H,(H,14,15)(H,16,17). The van der Waals surface area contributed by atoms with Crippen LogP contribution >= 0.6 is 11.3 Å². The van der Waals surface area contributed by atoms with Gasteiger partial charge in [0.25, 0.3) is 0 Å². The molecule has 7 heteroatoms. The summed E-state index contributed by atoms with van der Waals surface area (Å²) < 4.78 is 5.04. The van der Waals surface area contributed by atoms with Crippen molar-refractivity contribution in [1.82, 2.24) is 4.98 Å². The Hall–Kier alpha value is -2.67. The number of aromatic carboxylic acids is 1. The normalized spacial score (nSPS) is 10.6. The van der Waals surface area contributed by atoms with Gasteiger partial charge in [0.05, 0.1) is 10.9 Å². The molecule has 2 aromatic heterocycles. The van der Waals surface area contributed by atoms with Crippen molar-refractivity contribution in [3.05, 3.63) is 51.7 Å².